The largest absolute Gasteiger partial charge is 0.496 e. The molecule has 0 bridgehead atoms. The molecule has 21 heavy (non-hydrogen) atoms. The SMILES string of the molecule is COc1ccc(C)cc1CC(N)c1ccc(C(C)C)cc1. The Balaban J connectivity index is 2.17. The molecule has 0 aliphatic carbocycles. The second kappa shape index (κ2) is 6.77. The quantitative estimate of drug-likeness (QED) is 0.884. The van der Waals surface area contributed by atoms with Gasteiger partial charge < -0.3 is 10.5 Å². The van der Waals surface area contributed by atoms with E-state index in [-0.39, 0.29) is 6.04 Å². The highest BCUT2D eigenvalue weighted by molar-refractivity contribution is 5.38. The van der Waals surface area contributed by atoms with E-state index in [9.17, 15) is 0 Å². The number of ether oxygens (including phenoxy) is 1. The van der Waals surface area contributed by atoms with Gasteiger partial charge in [0.2, 0.25) is 0 Å². The molecule has 0 spiro atoms. The highest BCUT2D eigenvalue weighted by atomic mass is 16.5. The maximum Gasteiger partial charge on any atom is 0.122 e. The molecular weight excluding hydrogens is 258 g/mol. The number of hydrogen-bond donors (Lipinski definition) is 1. The molecule has 0 saturated carbocycles. The lowest BCUT2D eigenvalue weighted by Gasteiger charge is -2.16. The van der Waals surface area contributed by atoms with Crippen molar-refractivity contribution < 1.29 is 4.74 Å². The molecule has 0 aliphatic rings. The molecule has 2 rings (SSSR count). The molecule has 0 saturated heterocycles. The summed E-state index contributed by atoms with van der Waals surface area (Å²) in [6.45, 7) is 6.49. The Morgan fingerprint density at radius 2 is 1.62 bits per heavy atom. The number of hydrogen-bond acceptors (Lipinski definition) is 2. The Morgan fingerprint density at radius 3 is 2.19 bits per heavy atom. The summed E-state index contributed by atoms with van der Waals surface area (Å²) in [6, 6.07) is 14.8. The standard InChI is InChI=1S/C19H25NO/c1-13(2)15-6-8-16(9-7-15)18(20)12-17-11-14(3)5-10-19(17)21-4/h5-11,13,18H,12,20H2,1-4H3. The van der Waals surface area contributed by atoms with Crippen molar-refractivity contribution in [1.29, 1.82) is 0 Å². The van der Waals surface area contributed by atoms with Gasteiger partial charge in [-0.1, -0.05) is 55.8 Å². The number of methoxy groups -OCH3 is 1. The zero-order valence-electron chi connectivity index (χ0n) is 13.4. The van der Waals surface area contributed by atoms with Crippen molar-refractivity contribution in [2.75, 3.05) is 7.11 Å². The summed E-state index contributed by atoms with van der Waals surface area (Å²) in [7, 11) is 1.71. The monoisotopic (exact) mass is 283 g/mol. The summed E-state index contributed by atoms with van der Waals surface area (Å²) in [5.74, 6) is 1.46. The van der Waals surface area contributed by atoms with E-state index in [0.717, 1.165) is 17.7 Å². The van der Waals surface area contributed by atoms with Gasteiger partial charge in [0.05, 0.1) is 7.11 Å². The fourth-order valence-electron chi connectivity index (χ4n) is 2.55. The second-order valence-corrected chi connectivity index (χ2v) is 5.95. The average molecular weight is 283 g/mol. The van der Waals surface area contributed by atoms with Crippen molar-refractivity contribution >= 4 is 0 Å². The summed E-state index contributed by atoms with van der Waals surface area (Å²) in [5, 5.41) is 0. The fraction of sp³-hybridized carbons (Fsp3) is 0.368. The van der Waals surface area contributed by atoms with Gasteiger partial charge in [0.15, 0.2) is 0 Å². The van der Waals surface area contributed by atoms with Gasteiger partial charge in [-0.05, 0) is 42.0 Å². The molecular formula is C19H25NO. The Bertz CT molecular complexity index is 587. The number of aryl methyl sites for hydroxylation is 1. The van der Waals surface area contributed by atoms with Crippen LogP contribution >= 0.6 is 0 Å². The van der Waals surface area contributed by atoms with Gasteiger partial charge in [-0.2, -0.15) is 0 Å². The molecule has 1 unspecified atom stereocenters. The van der Waals surface area contributed by atoms with Gasteiger partial charge >= 0.3 is 0 Å². The predicted molar refractivity (Wildman–Crippen MR) is 88.9 cm³/mol. The van der Waals surface area contributed by atoms with E-state index in [1.54, 1.807) is 7.11 Å². The highest BCUT2D eigenvalue weighted by Crippen LogP contribution is 2.26. The lowest BCUT2D eigenvalue weighted by molar-refractivity contribution is 0.408. The summed E-state index contributed by atoms with van der Waals surface area (Å²) in [5.41, 5.74) is 11.3. The van der Waals surface area contributed by atoms with Crippen molar-refractivity contribution in [2.24, 2.45) is 5.73 Å². The van der Waals surface area contributed by atoms with Crippen molar-refractivity contribution in [3.05, 3.63) is 64.7 Å². The zero-order valence-corrected chi connectivity index (χ0v) is 13.4. The lowest BCUT2D eigenvalue weighted by atomic mass is 9.95. The van der Waals surface area contributed by atoms with Gasteiger partial charge in [-0.3, -0.25) is 0 Å². The minimum Gasteiger partial charge on any atom is -0.496 e. The van der Waals surface area contributed by atoms with Crippen molar-refractivity contribution in [2.45, 2.75) is 39.2 Å². The Hall–Kier alpha value is -1.80. The fourth-order valence-corrected chi connectivity index (χ4v) is 2.55. The van der Waals surface area contributed by atoms with Crippen molar-refractivity contribution in [3.63, 3.8) is 0 Å². The van der Waals surface area contributed by atoms with Gasteiger partial charge in [0, 0.05) is 6.04 Å². The van der Waals surface area contributed by atoms with Gasteiger partial charge in [0.25, 0.3) is 0 Å². The summed E-state index contributed by atoms with van der Waals surface area (Å²) in [6.07, 6.45) is 0.784. The van der Waals surface area contributed by atoms with Crippen LogP contribution in [-0.4, -0.2) is 7.11 Å². The van der Waals surface area contributed by atoms with E-state index < -0.39 is 0 Å². The van der Waals surface area contributed by atoms with Crippen LogP contribution in [0.25, 0.3) is 0 Å². The van der Waals surface area contributed by atoms with E-state index in [0.29, 0.717) is 5.92 Å². The molecule has 2 N–H and O–H groups in total. The van der Waals surface area contributed by atoms with E-state index >= 15 is 0 Å². The first kappa shape index (κ1) is 15.6. The first-order valence-corrected chi connectivity index (χ1v) is 7.50. The van der Waals surface area contributed by atoms with Crippen LogP contribution in [0.15, 0.2) is 42.5 Å². The first-order chi connectivity index (χ1) is 10.0. The van der Waals surface area contributed by atoms with Crippen LogP contribution in [0.5, 0.6) is 5.75 Å². The summed E-state index contributed by atoms with van der Waals surface area (Å²) < 4.78 is 5.43. The third kappa shape index (κ3) is 3.85. The minimum atomic E-state index is -0.0121. The highest BCUT2D eigenvalue weighted by Gasteiger charge is 2.11. The zero-order chi connectivity index (χ0) is 15.4. The third-order valence-corrected chi connectivity index (χ3v) is 3.91. The molecule has 1 atom stereocenters. The van der Waals surface area contributed by atoms with Crippen LogP contribution in [0.2, 0.25) is 0 Å². The molecule has 2 aromatic rings. The molecule has 0 fully saturated rings. The lowest BCUT2D eigenvalue weighted by Crippen LogP contribution is -2.14. The van der Waals surface area contributed by atoms with Gasteiger partial charge in [-0.25, -0.2) is 0 Å². The summed E-state index contributed by atoms with van der Waals surface area (Å²) >= 11 is 0. The van der Waals surface area contributed by atoms with Crippen LogP contribution in [0.1, 0.15) is 48.1 Å². The smallest absolute Gasteiger partial charge is 0.122 e. The van der Waals surface area contributed by atoms with Crippen LogP contribution < -0.4 is 10.5 Å². The average Bonchev–Trinajstić information content (AvgIpc) is 2.47. The molecule has 112 valence electrons. The maximum absolute atomic E-state index is 6.37. The molecule has 0 heterocycles. The molecule has 0 amide bonds. The normalized spacial score (nSPS) is 12.5. The minimum absolute atomic E-state index is 0.0121. The number of nitrogens with two attached hydrogens (primary N) is 1. The van der Waals surface area contributed by atoms with Crippen LogP contribution in [0.3, 0.4) is 0 Å². The number of benzene rings is 2. The van der Waals surface area contributed by atoms with E-state index in [1.165, 1.54) is 16.7 Å². The van der Waals surface area contributed by atoms with Crippen LogP contribution in [-0.2, 0) is 6.42 Å². The molecule has 2 heteroatoms. The molecule has 2 nitrogen and oxygen atoms in total. The Kier molecular flexibility index (Phi) is 5.03. The topological polar surface area (TPSA) is 35.2 Å². The van der Waals surface area contributed by atoms with Crippen LogP contribution in [0.4, 0.5) is 0 Å². The predicted octanol–water partition coefficient (Wildman–Crippen LogP) is 4.37. The maximum atomic E-state index is 6.37. The van der Waals surface area contributed by atoms with E-state index in [2.05, 4.69) is 57.2 Å². The van der Waals surface area contributed by atoms with Crippen molar-refractivity contribution in [1.82, 2.24) is 0 Å². The first-order valence-electron chi connectivity index (χ1n) is 7.50. The van der Waals surface area contributed by atoms with Gasteiger partial charge in [0.1, 0.15) is 5.75 Å². The third-order valence-electron chi connectivity index (χ3n) is 3.91. The molecule has 2 aromatic carbocycles. The Labute approximate surface area is 127 Å². The molecule has 0 aromatic heterocycles. The van der Waals surface area contributed by atoms with Crippen LogP contribution in [0, 0.1) is 6.92 Å². The summed E-state index contributed by atoms with van der Waals surface area (Å²) in [4.78, 5) is 0. The van der Waals surface area contributed by atoms with Crippen molar-refractivity contribution in [3.8, 4) is 5.75 Å². The molecule has 0 radical (unpaired) electrons. The van der Waals surface area contributed by atoms with Gasteiger partial charge in [-0.15, -0.1) is 0 Å². The Morgan fingerprint density at radius 1 is 1.00 bits per heavy atom. The van der Waals surface area contributed by atoms with E-state index in [1.807, 2.05) is 6.07 Å². The number of rotatable bonds is 5. The second-order valence-electron chi connectivity index (χ2n) is 5.95. The van der Waals surface area contributed by atoms with E-state index in [4.69, 9.17) is 10.5 Å². The molecule has 0 aliphatic heterocycles.